The van der Waals surface area contributed by atoms with Gasteiger partial charge in [0.2, 0.25) is 0 Å². The Morgan fingerprint density at radius 3 is 2.50 bits per heavy atom. The molecule has 26 heavy (non-hydrogen) atoms. The van der Waals surface area contributed by atoms with E-state index in [-0.39, 0.29) is 9.92 Å². The van der Waals surface area contributed by atoms with E-state index < -0.39 is 21.3 Å². The van der Waals surface area contributed by atoms with E-state index in [2.05, 4.69) is 9.80 Å². The number of halogens is 1. The summed E-state index contributed by atoms with van der Waals surface area (Å²) < 4.78 is 25.9. The Kier molecular flexibility index (Phi) is 5.38. The zero-order valence-electron chi connectivity index (χ0n) is 14.3. The third kappa shape index (κ3) is 3.78. The maximum absolute atomic E-state index is 12.7. The molecular weight excluding hydrogens is 378 g/mol. The van der Waals surface area contributed by atoms with E-state index in [1.54, 1.807) is 6.07 Å². The number of aromatic nitrogens is 1. The molecular formula is C17H20ClN3O4S. The summed E-state index contributed by atoms with van der Waals surface area (Å²) in [5, 5.41) is 10.5. The lowest BCUT2D eigenvalue weighted by Crippen LogP contribution is -2.44. The quantitative estimate of drug-likeness (QED) is 0.834. The monoisotopic (exact) mass is 397 g/mol. The van der Waals surface area contributed by atoms with Crippen LogP contribution in [0.25, 0.3) is 0 Å². The maximum Gasteiger partial charge on any atom is 0.306 e. The molecule has 1 aromatic heterocycles. The van der Waals surface area contributed by atoms with E-state index in [9.17, 15) is 18.3 Å². The summed E-state index contributed by atoms with van der Waals surface area (Å²) >= 11 is 5.84. The lowest BCUT2D eigenvalue weighted by atomic mass is 10.2. The van der Waals surface area contributed by atoms with Crippen LogP contribution in [0.3, 0.4) is 0 Å². The summed E-state index contributed by atoms with van der Waals surface area (Å²) in [7, 11) is -2.09. The van der Waals surface area contributed by atoms with Gasteiger partial charge in [-0.25, -0.2) is 12.4 Å². The van der Waals surface area contributed by atoms with Crippen LogP contribution in [-0.2, 0) is 16.6 Å². The summed E-state index contributed by atoms with van der Waals surface area (Å²) in [5.74, 6) is -0.544. The van der Waals surface area contributed by atoms with Crippen LogP contribution in [0.1, 0.15) is 5.56 Å². The van der Waals surface area contributed by atoms with E-state index >= 15 is 0 Å². The van der Waals surface area contributed by atoms with Crippen molar-refractivity contribution in [1.29, 1.82) is 0 Å². The van der Waals surface area contributed by atoms with Gasteiger partial charge in [0.1, 0.15) is 0 Å². The predicted molar refractivity (Wildman–Crippen MR) is 99.2 cm³/mol. The third-order valence-electron chi connectivity index (χ3n) is 4.46. The van der Waals surface area contributed by atoms with E-state index in [0.29, 0.717) is 16.1 Å². The van der Waals surface area contributed by atoms with Crippen LogP contribution in [0.5, 0.6) is 5.75 Å². The Labute approximate surface area is 157 Å². The molecule has 1 N–H and O–H groups in total. The van der Waals surface area contributed by atoms with Crippen molar-refractivity contribution in [2.75, 3.05) is 33.2 Å². The van der Waals surface area contributed by atoms with Crippen LogP contribution < -0.4 is 5.56 Å². The average Bonchev–Trinajstić information content (AvgIpc) is 2.61. The van der Waals surface area contributed by atoms with Crippen molar-refractivity contribution in [3.63, 3.8) is 0 Å². The molecule has 1 aromatic carbocycles. The summed E-state index contributed by atoms with van der Waals surface area (Å²) in [6, 6.07) is 7.11. The molecule has 0 bridgehead atoms. The van der Waals surface area contributed by atoms with Crippen LogP contribution in [0.15, 0.2) is 46.2 Å². The van der Waals surface area contributed by atoms with Crippen molar-refractivity contribution in [3.05, 3.63) is 57.5 Å². The van der Waals surface area contributed by atoms with Gasteiger partial charge in [0.15, 0.2) is 5.75 Å². The van der Waals surface area contributed by atoms with Crippen molar-refractivity contribution in [1.82, 2.24) is 13.8 Å². The summed E-state index contributed by atoms with van der Waals surface area (Å²) in [5.41, 5.74) is -0.547. The molecule has 1 saturated heterocycles. The van der Waals surface area contributed by atoms with Crippen LogP contribution in [0.4, 0.5) is 0 Å². The summed E-state index contributed by atoms with van der Waals surface area (Å²) in [4.78, 5) is 16.7. The number of aromatic hydroxyl groups is 1. The van der Waals surface area contributed by atoms with Gasteiger partial charge in [0.05, 0.1) is 4.90 Å². The Morgan fingerprint density at radius 1 is 1.15 bits per heavy atom. The molecule has 140 valence electrons. The van der Waals surface area contributed by atoms with Gasteiger partial charge in [-0.05, 0) is 31.3 Å². The minimum atomic E-state index is -4.13. The fourth-order valence-corrected chi connectivity index (χ4v) is 4.39. The number of rotatable bonds is 4. The molecule has 0 atom stereocenters. The summed E-state index contributed by atoms with van der Waals surface area (Å²) in [6.07, 6.45) is 1.18. The van der Waals surface area contributed by atoms with Crippen LogP contribution >= 0.6 is 11.6 Å². The molecule has 0 radical (unpaired) electrons. The van der Waals surface area contributed by atoms with Crippen molar-refractivity contribution in [2.45, 2.75) is 11.4 Å². The SMILES string of the molecule is CN1CCN(Cc2ccn(S(=O)(=O)c3cccc(Cl)c3)c(=O)c2O)CC1. The van der Waals surface area contributed by atoms with Gasteiger partial charge in [-0.3, -0.25) is 9.69 Å². The molecule has 9 heteroatoms. The van der Waals surface area contributed by atoms with Crippen molar-refractivity contribution >= 4 is 21.6 Å². The highest BCUT2D eigenvalue weighted by molar-refractivity contribution is 7.90. The molecule has 2 aromatic rings. The molecule has 1 fully saturated rings. The molecule has 3 rings (SSSR count). The number of hydrogen-bond acceptors (Lipinski definition) is 6. The Hall–Kier alpha value is -1.87. The van der Waals surface area contributed by atoms with E-state index in [1.165, 1.54) is 30.5 Å². The first-order valence-corrected chi connectivity index (χ1v) is 9.96. The number of pyridine rings is 1. The lowest BCUT2D eigenvalue weighted by molar-refractivity contribution is 0.147. The fourth-order valence-electron chi connectivity index (χ4n) is 2.85. The molecule has 2 heterocycles. The number of piperazine rings is 1. The highest BCUT2D eigenvalue weighted by Crippen LogP contribution is 2.20. The zero-order valence-corrected chi connectivity index (χ0v) is 15.9. The van der Waals surface area contributed by atoms with Gasteiger partial charge in [-0.15, -0.1) is 0 Å². The van der Waals surface area contributed by atoms with Gasteiger partial charge in [-0.1, -0.05) is 17.7 Å². The van der Waals surface area contributed by atoms with Crippen molar-refractivity contribution in [2.24, 2.45) is 0 Å². The van der Waals surface area contributed by atoms with Gasteiger partial charge in [-0.2, -0.15) is 0 Å². The largest absolute Gasteiger partial charge is 0.503 e. The van der Waals surface area contributed by atoms with Gasteiger partial charge >= 0.3 is 5.56 Å². The number of hydrogen-bond donors (Lipinski definition) is 1. The first-order valence-electron chi connectivity index (χ1n) is 8.14. The van der Waals surface area contributed by atoms with Crippen LogP contribution in [-0.4, -0.2) is 60.5 Å². The number of likely N-dealkylation sites (N-methyl/N-ethyl adjacent to an activating group) is 1. The predicted octanol–water partition coefficient (Wildman–Crippen LogP) is 1.19. The minimum Gasteiger partial charge on any atom is -0.503 e. The van der Waals surface area contributed by atoms with Crippen molar-refractivity contribution < 1.29 is 13.5 Å². The minimum absolute atomic E-state index is 0.113. The first-order chi connectivity index (χ1) is 12.3. The van der Waals surface area contributed by atoms with Crippen LogP contribution in [0, 0.1) is 0 Å². The highest BCUT2D eigenvalue weighted by atomic mass is 35.5. The standard InChI is InChI=1S/C17H20ClN3O4S/c1-19-7-9-20(10-8-19)12-13-5-6-21(17(23)16(13)22)26(24,25)15-4-2-3-14(18)11-15/h2-6,11,22H,7-10,12H2,1H3. The average molecular weight is 398 g/mol. The van der Waals surface area contributed by atoms with Crippen LogP contribution in [0.2, 0.25) is 5.02 Å². The maximum atomic E-state index is 12.7. The Morgan fingerprint density at radius 2 is 1.85 bits per heavy atom. The molecule has 0 aliphatic carbocycles. The van der Waals surface area contributed by atoms with Gasteiger partial charge < -0.3 is 10.0 Å². The molecule has 0 saturated carbocycles. The van der Waals surface area contributed by atoms with Gasteiger partial charge in [0.25, 0.3) is 10.0 Å². The number of benzene rings is 1. The zero-order chi connectivity index (χ0) is 18.9. The fraction of sp³-hybridized carbons (Fsp3) is 0.353. The van der Waals surface area contributed by atoms with Crippen molar-refractivity contribution in [3.8, 4) is 5.75 Å². The lowest BCUT2D eigenvalue weighted by Gasteiger charge is -2.32. The molecule has 1 aliphatic rings. The first kappa shape index (κ1) is 18.9. The Bertz CT molecular complexity index is 966. The molecule has 7 nitrogen and oxygen atoms in total. The normalized spacial score (nSPS) is 16.7. The Balaban J connectivity index is 1.91. The van der Waals surface area contributed by atoms with E-state index in [4.69, 9.17) is 11.6 Å². The molecule has 0 amide bonds. The highest BCUT2D eigenvalue weighted by Gasteiger charge is 2.23. The smallest absolute Gasteiger partial charge is 0.306 e. The topological polar surface area (TPSA) is 82.8 Å². The molecule has 1 aliphatic heterocycles. The molecule has 0 spiro atoms. The summed E-state index contributed by atoms with van der Waals surface area (Å²) in [6.45, 7) is 3.84. The second-order valence-electron chi connectivity index (χ2n) is 6.33. The van der Waals surface area contributed by atoms with Gasteiger partial charge in [0, 0.05) is 49.5 Å². The third-order valence-corrected chi connectivity index (χ3v) is 6.35. The van der Waals surface area contributed by atoms with E-state index in [0.717, 1.165) is 26.2 Å². The second-order valence-corrected chi connectivity index (χ2v) is 8.58. The van der Waals surface area contributed by atoms with E-state index in [1.807, 2.05) is 7.05 Å². The molecule has 0 unspecified atom stereocenters. The number of nitrogens with zero attached hydrogens (tertiary/aromatic N) is 3. The second kappa shape index (κ2) is 7.40.